The second kappa shape index (κ2) is 6.94. The van der Waals surface area contributed by atoms with Gasteiger partial charge in [-0.25, -0.2) is 4.68 Å². The van der Waals surface area contributed by atoms with E-state index in [-0.39, 0.29) is 17.9 Å². The quantitative estimate of drug-likeness (QED) is 0.859. The van der Waals surface area contributed by atoms with E-state index in [4.69, 9.17) is 16.7 Å². The SMILES string of the molecule is CC(C)(CCO)CNC(=O)c1ccn(-c2ccccc2Cl)n1. The minimum absolute atomic E-state index is 0.101. The van der Waals surface area contributed by atoms with Crippen LogP contribution in [0, 0.1) is 5.41 Å². The van der Waals surface area contributed by atoms with E-state index >= 15 is 0 Å². The summed E-state index contributed by atoms with van der Waals surface area (Å²) in [6.07, 6.45) is 2.33. The molecule has 0 saturated heterocycles. The fourth-order valence-corrected chi connectivity index (χ4v) is 2.24. The van der Waals surface area contributed by atoms with Crippen molar-refractivity contribution in [1.29, 1.82) is 0 Å². The third-order valence-corrected chi connectivity index (χ3v) is 3.76. The van der Waals surface area contributed by atoms with Gasteiger partial charge < -0.3 is 10.4 Å². The van der Waals surface area contributed by atoms with E-state index in [2.05, 4.69) is 10.4 Å². The van der Waals surface area contributed by atoms with Crippen LogP contribution in [0.3, 0.4) is 0 Å². The summed E-state index contributed by atoms with van der Waals surface area (Å²) < 4.78 is 1.58. The first-order valence-corrected chi connectivity index (χ1v) is 7.50. The van der Waals surface area contributed by atoms with Crippen molar-refractivity contribution in [3.8, 4) is 5.69 Å². The van der Waals surface area contributed by atoms with Crippen molar-refractivity contribution in [2.45, 2.75) is 20.3 Å². The van der Waals surface area contributed by atoms with Crippen LogP contribution < -0.4 is 5.32 Å². The van der Waals surface area contributed by atoms with E-state index in [0.717, 1.165) is 5.69 Å². The molecule has 0 atom stereocenters. The lowest BCUT2D eigenvalue weighted by molar-refractivity contribution is 0.0923. The highest BCUT2D eigenvalue weighted by atomic mass is 35.5. The van der Waals surface area contributed by atoms with Gasteiger partial charge in [0.1, 0.15) is 0 Å². The lowest BCUT2D eigenvalue weighted by Crippen LogP contribution is -2.34. The van der Waals surface area contributed by atoms with Crippen molar-refractivity contribution >= 4 is 17.5 Å². The Morgan fingerprint density at radius 3 is 2.77 bits per heavy atom. The van der Waals surface area contributed by atoms with Crippen LogP contribution in [0.4, 0.5) is 0 Å². The summed E-state index contributed by atoms with van der Waals surface area (Å²) in [5.74, 6) is -0.239. The summed E-state index contributed by atoms with van der Waals surface area (Å²) in [6.45, 7) is 4.56. The van der Waals surface area contributed by atoms with Crippen molar-refractivity contribution in [3.05, 3.63) is 47.2 Å². The van der Waals surface area contributed by atoms with Gasteiger partial charge in [0.2, 0.25) is 0 Å². The van der Waals surface area contributed by atoms with Gasteiger partial charge in [-0.1, -0.05) is 37.6 Å². The lowest BCUT2D eigenvalue weighted by Gasteiger charge is -2.23. The summed E-state index contributed by atoms with van der Waals surface area (Å²) >= 11 is 6.12. The van der Waals surface area contributed by atoms with E-state index in [9.17, 15) is 4.79 Å². The molecule has 118 valence electrons. The Morgan fingerprint density at radius 2 is 2.09 bits per heavy atom. The first kappa shape index (κ1) is 16.5. The molecule has 1 amide bonds. The zero-order valence-corrected chi connectivity index (χ0v) is 13.5. The number of carbonyl (C=O) groups excluding carboxylic acids is 1. The standard InChI is InChI=1S/C16H20ClN3O2/c1-16(2,8-10-21)11-18-15(22)13-7-9-20(19-13)14-6-4-3-5-12(14)17/h3-7,9,21H,8,10-11H2,1-2H3,(H,18,22). The van der Waals surface area contributed by atoms with Gasteiger partial charge in [-0.05, 0) is 30.0 Å². The van der Waals surface area contributed by atoms with Crippen molar-refractivity contribution < 1.29 is 9.90 Å². The summed E-state index contributed by atoms with van der Waals surface area (Å²) in [4.78, 5) is 12.1. The molecular weight excluding hydrogens is 302 g/mol. The van der Waals surface area contributed by atoms with Crippen LogP contribution in [0.15, 0.2) is 36.5 Å². The number of para-hydroxylation sites is 1. The maximum Gasteiger partial charge on any atom is 0.271 e. The first-order chi connectivity index (χ1) is 10.4. The van der Waals surface area contributed by atoms with Crippen molar-refractivity contribution in [3.63, 3.8) is 0 Å². The van der Waals surface area contributed by atoms with Crippen LogP contribution >= 0.6 is 11.6 Å². The number of carbonyl (C=O) groups is 1. The number of aliphatic hydroxyl groups is 1. The topological polar surface area (TPSA) is 67.2 Å². The van der Waals surface area contributed by atoms with Gasteiger partial charge in [0.05, 0.1) is 10.7 Å². The maximum absolute atomic E-state index is 12.1. The van der Waals surface area contributed by atoms with Crippen molar-refractivity contribution in [2.75, 3.05) is 13.2 Å². The number of halogens is 1. The molecule has 0 aliphatic heterocycles. The summed E-state index contributed by atoms with van der Waals surface area (Å²) in [5, 5.41) is 16.7. The number of amides is 1. The highest BCUT2D eigenvalue weighted by molar-refractivity contribution is 6.32. The van der Waals surface area contributed by atoms with Gasteiger partial charge in [0, 0.05) is 19.3 Å². The van der Waals surface area contributed by atoms with Crippen molar-refractivity contribution in [1.82, 2.24) is 15.1 Å². The number of rotatable bonds is 6. The minimum atomic E-state index is -0.239. The molecule has 1 aromatic heterocycles. The zero-order valence-electron chi connectivity index (χ0n) is 12.7. The molecular formula is C16H20ClN3O2. The van der Waals surface area contributed by atoms with E-state index in [0.29, 0.717) is 23.7 Å². The second-order valence-corrected chi connectivity index (χ2v) is 6.32. The van der Waals surface area contributed by atoms with Gasteiger partial charge >= 0.3 is 0 Å². The Kier molecular flexibility index (Phi) is 5.21. The largest absolute Gasteiger partial charge is 0.396 e. The number of nitrogens with zero attached hydrogens (tertiary/aromatic N) is 2. The number of benzene rings is 1. The fourth-order valence-electron chi connectivity index (χ4n) is 2.02. The Labute approximate surface area is 134 Å². The molecule has 0 spiro atoms. The van der Waals surface area contributed by atoms with Crippen molar-refractivity contribution in [2.24, 2.45) is 5.41 Å². The molecule has 0 unspecified atom stereocenters. The van der Waals surface area contributed by atoms with Gasteiger partial charge in [-0.2, -0.15) is 5.10 Å². The molecule has 0 radical (unpaired) electrons. The molecule has 2 aromatic rings. The maximum atomic E-state index is 12.1. The second-order valence-electron chi connectivity index (χ2n) is 5.92. The Morgan fingerprint density at radius 1 is 1.36 bits per heavy atom. The van der Waals surface area contributed by atoms with E-state index < -0.39 is 0 Å². The Bertz CT molecular complexity index is 652. The zero-order chi connectivity index (χ0) is 16.2. The summed E-state index contributed by atoms with van der Waals surface area (Å²) in [6, 6.07) is 8.96. The predicted molar refractivity (Wildman–Crippen MR) is 86.4 cm³/mol. The molecule has 5 nitrogen and oxygen atoms in total. The number of nitrogens with one attached hydrogen (secondary N) is 1. The average molecular weight is 322 g/mol. The number of hydrogen-bond donors (Lipinski definition) is 2. The van der Waals surface area contributed by atoms with E-state index in [1.54, 1.807) is 23.0 Å². The monoisotopic (exact) mass is 321 g/mol. The fraction of sp³-hybridized carbons (Fsp3) is 0.375. The average Bonchev–Trinajstić information content (AvgIpc) is 2.95. The molecule has 0 bridgehead atoms. The minimum Gasteiger partial charge on any atom is -0.396 e. The van der Waals surface area contributed by atoms with Crippen LogP contribution in [-0.4, -0.2) is 33.9 Å². The summed E-state index contributed by atoms with van der Waals surface area (Å²) in [7, 11) is 0. The molecule has 0 aliphatic carbocycles. The van der Waals surface area contributed by atoms with Crippen LogP contribution in [0.25, 0.3) is 5.69 Å². The van der Waals surface area contributed by atoms with Gasteiger partial charge in [-0.3, -0.25) is 4.79 Å². The van der Waals surface area contributed by atoms with Crippen LogP contribution in [-0.2, 0) is 0 Å². The normalized spacial score (nSPS) is 11.5. The summed E-state index contributed by atoms with van der Waals surface area (Å²) in [5.41, 5.74) is 0.902. The first-order valence-electron chi connectivity index (χ1n) is 7.12. The Hall–Kier alpha value is -1.85. The van der Waals surface area contributed by atoms with Crippen LogP contribution in [0.5, 0.6) is 0 Å². The highest BCUT2D eigenvalue weighted by Crippen LogP contribution is 2.20. The molecule has 1 aromatic carbocycles. The number of hydrogen-bond acceptors (Lipinski definition) is 3. The predicted octanol–water partition coefficient (Wildman–Crippen LogP) is 2.66. The van der Waals surface area contributed by atoms with Crippen LogP contribution in [0.1, 0.15) is 30.8 Å². The molecule has 2 N–H and O–H groups in total. The van der Waals surface area contributed by atoms with Crippen LogP contribution in [0.2, 0.25) is 5.02 Å². The number of aliphatic hydroxyl groups excluding tert-OH is 1. The van der Waals surface area contributed by atoms with Gasteiger partial charge in [-0.15, -0.1) is 0 Å². The molecule has 0 saturated carbocycles. The molecule has 0 aliphatic rings. The van der Waals surface area contributed by atoms with E-state index in [1.165, 1.54) is 0 Å². The molecule has 22 heavy (non-hydrogen) atoms. The molecule has 6 heteroatoms. The van der Waals surface area contributed by atoms with E-state index in [1.807, 2.05) is 32.0 Å². The van der Waals surface area contributed by atoms with Gasteiger partial charge in [0.15, 0.2) is 5.69 Å². The third-order valence-electron chi connectivity index (χ3n) is 3.44. The van der Waals surface area contributed by atoms with Gasteiger partial charge in [0.25, 0.3) is 5.91 Å². The highest BCUT2D eigenvalue weighted by Gasteiger charge is 2.19. The molecule has 1 heterocycles. The number of aromatic nitrogens is 2. The molecule has 0 fully saturated rings. The molecule has 2 rings (SSSR count). The third kappa shape index (κ3) is 4.08. The smallest absolute Gasteiger partial charge is 0.271 e. The Balaban J connectivity index is 2.05. The lowest BCUT2D eigenvalue weighted by atomic mass is 9.90.